The van der Waals surface area contributed by atoms with Gasteiger partial charge in [-0.15, -0.1) is 0 Å². The first-order valence-corrected chi connectivity index (χ1v) is 9.84. The Balaban J connectivity index is 2.13. The van der Waals surface area contributed by atoms with Gasteiger partial charge in [0, 0.05) is 12.6 Å². The maximum absolute atomic E-state index is 13.0. The first-order chi connectivity index (χ1) is 13.8. The zero-order chi connectivity index (χ0) is 21.4. The lowest BCUT2D eigenvalue weighted by Crippen LogP contribution is -2.50. The lowest BCUT2D eigenvalue weighted by molar-refractivity contribution is -0.142. The Kier molecular flexibility index (Phi) is 8.19. The molecule has 0 heterocycles. The van der Waals surface area contributed by atoms with Crippen LogP contribution in [0.5, 0.6) is 5.75 Å². The van der Waals surface area contributed by atoms with E-state index in [1.807, 2.05) is 45.0 Å². The van der Waals surface area contributed by atoms with Gasteiger partial charge >= 0.3 is 0 Å². The Morgan fingerprint density at radius 1 is 1.07 bits per heavy atom. The number of benzene rings is 2. The summed E-state index contributed by atoms with van der Waals surface area (Å²) in [5, 5.41) is 2.92. The first kappa shape index (κ1) is 22.4. The van der Waals surface area contributed by atoms with Crippen LogP contribution in [0.1, 0.15) is 38.3 Å². The molecule has 0 aliphatic heterocycles. The molecule has 0 radical (unpaired) electrons. The summed E-state index contributed by atoms with van der Waals surface area (Å²) in [6, 6.07) is 12.7. The van der Waals surface area contributed by atoms with Crippen molar-refractivity contribution in [1.29, 1.82) is 0 Å². The standard InChI is InChI=1S/C23H29FN2O3/c1-5-17(3)25-23(28)18(4)26(14-19-8-6-16(2)7-9-19)22(27)15-29-21-12-10-20(24)11-13-21/h6-13,17-18H,5,14-15H2,1-4H3,(H,25,28)/t17-,18-/m0/s1. The van der Waals surface area contributed by atoms with Crippen molar-refractivity contribution in [3.63, 3.8) is 0 Å². The summed E-state index contributed by atoms with van der Waals surface area (Å²) in [6.07, 6.45) is 0.804. The number of carbonyl (C=O) groups excluding carboxylic acids is 2. The molecule has 0 aliphatic carbocycles. The van der Waals surface area contributed by atoms with Crippen LogP contribution in [0.25, 0.3) is 0 Å². The molecule has 2 rings (SSSR count). The minimum absolute atomic E-state index is 0.0248. The summed E-state index contributed by atoms with van der Waals surface area (Å²) in [5.41, 5.74) is 2.04. The third-order valence-electron chi connectivity index (χ3n) is 4.82. The lowest BCUT2D eigenvalue weighted by Gasteiger charge is -2.29. The van der Waals surface area contributed by atoms with Crippen molar-refractivity contribution in [2.45, 2.75) is 52.7 Å². The summed E-state index contributed by atoms with van der Waals surface area (Å²) in [7, 11) is 0. The van der Waals surface area contributed by atoms with Crippen LogP contribution >= 0.6 is 0 Å². The highest BCUT2D eigenvalue weighted by atomic mass is 19.1. The van der Waals surface area contributed by atoms with Gasteiger partial charge in [-0.2, -0.15) is 0 Å². The van der Waals surface area contributed by atoms with Crippen molar-refractivity contribution in [2.24, 2.45) is 0 Å². The quantitative estimate of drug-likeness (QED) is 0.696. The molecular formula is C23H29FN2O3. The molecule has 0 fully saturated rings. The normalized spacial score (nSPS) is 12.7. The first-order valence-electron chi connectivity index (χ1n) is 9.84. The Labute approximate surface area is 171 Å². The third-order valence-corrected chi connectivity index (χ3v) is 4.82. The topological polar surface area (TPSA) is 58.6 Å². The molecule has 2 aromatic rings. The van der Waals surface area contributed by atoms with E-state index in [0.29, 0.717) is 12.3 Å². The molecule has 29 heavy (non-hydrogen) atoms. The molecule has 2 aromatic carbocycles. The van der Waals surface area contributed by atoms with Crippen LogP contribution in [-0.2, 0) is 16.1 Å². The monoisotopic (exact) mass is 400 g/mol. The molecule has 0 spiro atoms. The highest BCUT2D eigenvalue weighted by Gasteiger charge is 2.27. The largest absolute Gasteiger partial charge is 0.484 e. The zero-order valence-corrected chi connectivity index (χ0v) is 17.4. The van der Waals surface area contributed by atoms with E-state index in [2.05, 4.69) is 5.32 Å². The van der Waals surface area contributed by atoms with E-state index >= 15 is 0 Å². The molecule has 0 saturated heterocycles. The van der Waals surface area contributed by atoms with E-state index in [1.54, 1.807) is 6.92 Å². The van der Waals surface area contributed by atoms with Crippen LogP contribution in [0.15, 0.2) is 48.5 Å². The minimum Gasteiger partial charge on any atom is -0.484 e. The van der Waals surface area contributed by atoms with Gasteiger partial charge in [-0.05, 0) is 57.0 Å². The van der Waals surface area contributed by atoms with E-state index in [1.165, 1.54) is 29.2 Å². The fourth-order valence-electron chi connectivity index (χ4n) is 2.70. The number of halogens is 1. The number of nitrogens with zero attached hydrogens (tertiary/aromatic N) is 1. The average molecular weight is 400 g/mol. The summed E-state index contributed by atoms with van der Waals surface area (Å²) in [6.45, 7) is 7.67. The van der Waals surface area contributed by atoms with E-state index in [-0.39, 0.29) is 30.3 Å². The maximum Gasteiger partial charge on any atom is 0.261 e. The number of hydrogen-bond donors (Lipinski definition) is 1. The van der Waals surface area contributed by atoms with Gasteiger partial charge in [0.05, 0.1) is 0 Å². The molecule has 2 amide bonds. The van der Waals surface area contributed by atoms with Gasteiger partial charge in [-0.1, -0.05) is 36.8 Å². The second-order valence-electron chi connectivity index (χ2n) is 7.24. The van der Waals surface area contributed by atoms with Gasteiger partial charge in [0.25, 0.3) is 5.91 Å². The highest BCUT2D eigenvalue weighted by molar-refractivity contribution is 5.88. The molecular weight excluding hydrogens is 371 g/mol. The van der Waals surface area contributed by atoms with Gasteiger partial charge in [0.15, 0.2) is 6.61 Å². The fourth-order valence-corrected chi connectivity index (χ4v) is 2.70. The van der Waals surface area contributed by atoms with Crippen LogP contribution in [0.4, 0.5) is 4.39 Å². The number of hydrogen-bond acceptors (Lipinski definition) is 3. The molecule has 1 N–H and O–H groups in total. The molecule has 2 atom stereocenters. The SMILES string of the molecule is CC[C@H](C)NC(=O)[C@H](C)N(Cc1ccc(C)cc1)C(=O)COc1ccc(F)cc1. The van der Waals surface area contributed by atoms with Crippen molar-refractivity contribution in [3.05, 3.63) is 65.5 Å². The zero-order valence-electron chi connectivity index (χ0n) is 17.4. The number of rotatable bonds is 9. The predicted octanol–water partition coefficient (Wildman–Crippen LogP) is 3.84. The predicted molar refractivity (Wildman–Crippen MR) is 111 cm³/mol. The van der Waals surface area contributed by atoms with Gasteiger partial charge in [-0.3, -0.25) is 9.59 Å². The summed E-state index contributed by atoms with van der Waals surface area (Å²) < 4.78 is 18.5. The van der Waals surface area contributed by atoms with Crippen molar-refractivity contribution in [1.82, 2.24) is 10.2 Å². The maximum atomic E-state index is 13.0. The number of ether oxygens (including phenoxy) is 1. The minimum atomic E-state index is -0.658. The van der Waals surface area contributed by atoms with E-state index in [4.69, 9.17) is 4.74 Å². The third kappa shape index (κ3) is 6.89. The molecule has 5 nitrogen and oxygen atoms in total. The molecule has 0 bridgehead atoms. The van der Waals surface area contributed by atoms with E-state index < -0.39 is 6.04 Å². The highest BCUT2D eigenvalue weighted by Crippen LogP contribution is 2.14. The van der Waals surface area contributed by atoms with Gasteiger partial charge < -0.3 is 15.0 Å². The van der Waals surface area contributed by atoms with Crippen molar-refractivity contribution >= 4 is 11.8 Å². The van der Waals surface area contributed by atoms with Crippen LogP contribution in [-0.4, -0.2) is 35.4 Å². The Hall–Kier alpha value is -2.89. The van der Waals surface area contributed by atoms with Gasteiger partial charge in [0.1, 0.15) is 17.6 Å². The summed E-state index contributed by atoms with van der Waals surface area (Å²) in [4.78, 5) is 27.0. The Bertz CT molecular complexity index is 806. The van der Waals surface area contributed by atoms with E-state index in [0.717, 1.165) is 17.5 Å². The number of carbonyl (C=O) groups is 2. The second-order valence-corrected chi connectivity index (χ2v) is 7.24. The molecule has 6 heteroatoms. The number of amides is 2. The number of nitrogens with one attached hydrogen (secondary N) is 1. The van der Waals surface area contributed by atoms with Gasteiger partial charge in [0.2, 0.25) is 5.91 Å². The summed E-state index contributed by atoms with van der Waals surface area (Å²) in [5.74, 6) is -0.505. The van der Waals surface area contributed by atoms with Crippen LogP contribution < -0.4 is 10.1 Å². The van der Waals surface area contributed by atoms with Crippen LogP contribution in [0.2, 0.25) is 0 Å². The number of aryl methyl sites for hydroxylation is 1. The Morgan fingerprint density at radius 2 is 1.69 bits per heavy atom. The van der Waals surface area contributed by atoms with Crippen LogP contribution in [0, 0.1) is 12.7 Å². The van der Waals surface area contributed by atoms with Crippen LogP contribution in [0.3, 0.4) is 0 Å². The second kappa shape index (κ2) is 10.6. The van der Waals surface area contributed by atoms with Crippen molar-refractivity contribution in [3.8, 4) is 5.75 Å². The Morgan fingerprint density at radius 3 is 2.28 bits per heavy atom. The summed E-state index contributed by atoms with van der Waals surface area (Å²) >= 11 is 0. The van der Waals surface area contributed by atoms with Crippen molar-refractivity contribution in [2.75, 3.05) is 6.61 Å². The average Bonchev–Trinajstić information content (AvgIpc) is 2.72. The lowest BCUT2D eigenvalue weighted by atomic mass is 10.1. The van der Waals surface area contributed by atoms with E-state index in [9.17, 15) is 14.0 Å². The molecule has 0 aliphatic rings. The molecule has 0 aromatic heterocycles. The fraction of sp³-hybridized carbons (Fsp3) is 0.391. The van der Waals surface area contributed by atoms with Gasteiger partial charge in [-0.25, -0.2) is 4.39 Å². The molecule has 0 saturated carbocycles. The molecule has 156 valence electrons. The smallest absolute Gasteiger partial charge is 0.261 e. The molecule has 0 unspecified atom stereocenters. The van der Waals surface area contributed by atoms with Crippen molar-refractivity contribution < 1.29 is 18.7 Å².